The van der Waals surface area contributed by atoms with Crippen LogP contribution >= 0.6 is 12.2 Å². The Morgan fingerprint density at radius 3 is 2.07 bits per heavy atom. The Kier molecular flexibility index (Phi) is 17.2. The predicted octanol–water partition coefficient (Wildman–Crippen LogP) is 13.9. The van der Waals surface area contributed by atoms with Gasteiger partial charge in [0.2, 0.25) is 0 Å². The van der Waals surface area contributed by atoms with Gasteiger partial charge in [-0.1, -0.05) is 71.2 Å². The van der Waals surface area contributed by atoms with Crippen LogP contribution in [-0.4, -0.2) is 39.4 Å². The number of carbonyl (C=O) groups excluding carboxylic acids is 2. The van der Waals surface area contributed by atoms with E-state index in [9.17, 15) is 29.4 Å². The Balaban J connectivity index is 0.959. The molecule has 10 heteroatoms. The van der Waals surface area contributed by atoms with E-state index in [4.69, 9.17) is 16.6 Å². The van der Waals surface area contributed by atoms with E-state index >= 15 is 0 Å². The minimum atomic E-state index is -1.15. The minimum absolute atomic E-state index is 0.0174. The van der Waals surface area contributed by atoms with Crippen molar-refractivity contribution in [1.29, 1.82) is 0 Å². The van der Waals surface area contributed by atoms with Gasteiger partial charge in [0, 0.05) is 63.2 Å². The number of carboxylic acids is 1. The predicted molar refractivity (Wildman–Crippen MR) is 276 cm³/mol. The number of thiocarbonyl (C=S) groups is 1. The van der Waals surface area contributed by atoms with E-state index in [-0.39, 0.29) is 34.1 Å². The molecule has 0 fully saturated rings. The number of ketones is 2. The van der Waals surface area contributed by atoms with Crippen molar-refractivity contribution in [2.45, 2.75) is 112 Å². The highest BCUT2D eigenvalue weighted by Gasteiger charge is 2.29. The topological polar surface area (TPSA) is 146 Å². The van der Waals surface area contributed by atoms with E-state index in [1.807, 2.05) is 18.2 Å². The van der Waals surface area contributed by atoms with Crippen LogP contribution in [0.4, 0.5) is 5.69 Å². The number of nitrogens with one attached hydrogen (secondary N) is 2. The number of phenols is 1. The van der Waals surface area contributed by atoms with E-state index in [0.29, 0.717) is 73.7 Å². The lowest BCUT2D eigenvalue weighted by Crippen LogP contribution is -2.29. The highest BCUT2D eigenvalue weighted by Crippen LogP contribution is 2.42. The zero-order valence-corrected chi connectivity index (χ0v) is 40.4. The first kappa shape index (κ1) is 49.8. The summed E-state index contributed by atoms with van der Waals surface area (Å²) in [6, 6.07) is 19.5. The van der Waals surface area contributed by atoms with Gasteiger partial charge in [-0.25, -0.2) is 4.79 Å². The zero-order chi connectivity index (χ0) is 48.2. The molecule has 6 rings (SSSR count). The van der Waals surface area contributed by atoms with Crippen LogP contribution in [0.5, 0.6) is 5.75 Å². The number of aryl methyl sites for hydroxylation is 1. The minimum Gasteiger partial charge on any atom is -0.508 e. The quantitative estimate of drug-likeness (QED) is 0.0258. The lowest BCUT2D eigenvalue weighted by atomic mass is 9.82. The molecule has 3 aromatic carbocycles. The number of Topliss-reactive ketones (excluding diaryl/α,β-unsaturated/α-hetero) is 2. The summed E-state index contributed by atoms with van der Waals surface area (Å²) in [5.41, 5.74) is 10.6. The molecule has 0 amide bonds. The summed E-state index contributed by atoms with van der Waals surface area (Å²) >= 11 is 5.55. The number of aromatic hydroxyl groups is 1. The second-order valence-electron chi connectivity index (χ2n) is 18.0. The molecule has 67 heavy (non-hydrogen) atoms. The number of carboxylic acid groups (broad SMARTS) is 1. The van der Waals surface area contributed by atoms with Crippen molar-refractivity contribution in [2.24, 2.45) is 0 Å². The monoisotopic (exact) mass is 918 g/mol. The van der Waals surface area contributed by atoms with Gasteiger partial charge in [-0.05, 0) is 172 Å². The molecule has 3 aromatic rings. The fourth-order valence-corrected chi connectivity index (χ4v) is 8.71. The summed E-state index contributed by atoms with van der Waals surface area (Å²) in [7, 11) is 0. The second kappa shape index (κ2) is 23.2. The number of anilines is 1. The molecule has 2 aliphatic carbocycles. The van der Waals surface area contributed by atoms with Crippen molar-refractivity contribution < 1.29 is 29.0 Å². The maximum atomic E-state index is 13.6. The van der Waals surface area contributed by atoms with Crippen LogP contribution in [0.15, 0.2) is 140 Å². The molecule has 4 N–H and O–H groups in total. The molecule has 0 radical (unpaired) electrons. The van der Waals surface area contributed by atoms with Crippen LogP contribution in [0, 0.1) is 0 Å². The third kappa shape index (κ3) is 13.3. The fourth-order valence-electron chi connectivity index (χ4n) is 8.49. The van der Waals surface area contributed by atoms with Crippen molar-refractivity contribution in [3.8, 4) is 28.2 Å². The van der Waals surface area contributed by atoms with Gasteiger partial charge in [-0.15, -0.1) is 0 Å². The molecule has 1 heterocycles. The molecular weight excluding hydrogens is 857 g/mol. The van der Waals surface area contributed by atoms with Gasteiger partial charge in [0.25, 0.3) is 0 Å². The Morgan fingerprint density at radius 2 is 1.37 bits per heavy atom. The first-order valence-corrected chi connectivity index (χ1v) is 23.6. The number of fused-ring (bicyclic) bond motifs is 3. The summed E-state index contributed by atoms with van der Waals surface area (Å²) in [6.07, 6.45) is 19.1. The third-order valence-electron chi connectivity index (χ3n) is 12.3. The number of allylic oxidation sites excluding steroid dienone is 10. The van der Waals surface area contributed by atoms with Gasteiger partial charge in [0.15, 0.2) is 22.1 Å². The highest BCUT2D eigenvalue weighted by molar-refractivity contribution is 7.80. The first-order valence-electron chi connectivity index (χ1n) is 23.2. The number of hydrogen-bond acceptors (Lipinski definition) is 7. The lowest BCUT2D eigenvalue weighted by molar-refractivity contribution is 0.0697. The smallest absolute Gasteiger partial charge is 0.336 e. The SMILES string of the molecule is CC(C)=CCC/C(C)=C/CC/C(C)=C/CC/C(C)=C/CC1=C(C)C(=O)c2cc(CCCCCNC(=S)Nc3ccc(-c4c5ccc(=O)cc-5oc5cc(O)ccc45)c(C(=O)O)c3)ccc2C1=O. The fraction of sp³-hybridized carbons (Fsp3) is 0.316. The summed E-state index contributed by atoms with van der Waals surface area (Å²) in [4.78, 5) is 52.0. The lowest BCUT2D eigenvalue weighted by Gasteiger charge is -2.19. The van der Waals surface area contributed by atoms with Gasteiger partial charge in [-0.3, -0.25) is 14.4 Å². The van der Waals surface area contributed by atoms with Crippen LogP contribution in [-0.2, 0) is 6.42 Å². The van der Waals surface area contributed by atoms with Crippen molar-refractivity contribution in [3.63, 3.8) is 0 Å². The average Bonchev–Trinajstić information content (AvgIpc) is 3.28. The van der Waals surface area contributed by atoms with Crippen molar-refractivity contribution in [1.82, 2.24) is 5.32 Å². The van der Waals surface area contributed by atoms with E-state index in [1.165, 1.54) is 52.6 Å². The van der Waals surface area contributed by atoms with Gasteiger partial charge < -0.3 is 25.3 Å². The summed E-state index contributed by atoms with van der Waals surface area (Å²) in [5, 5.41) is 27.7. The van der Waals surface area contributed by atoms with Gasteiger partial charge in [-0.2, -0.15) is 0 Å². The molecule has 348 valence electrons. The van der Waals surface area contributed by atoms with Crippen LogP contribution in [0.2, 0.25) is 0 Å². The molecule has 9 nitrogen and oxygen atoms in total. The van der Waals surface area contributed by atoms with Crippen LogP contribution < -0.4 is 16.1 Å². The molecule has 0 saturated heterocycles. The molecule has 0 atom stereocenters. The third-order valence-corrected chi connectivity index (χ3v) is 12.6. The van der Waals surface area contributed by atoms with E-state index in [0.717, 1.165) is 69.8 Å². The summed E-state index contributed by atoms with van der Waals surface area (Å²) in [5.74, 6) is -1.05. The van der Waals surface area contributed by atoms with E-state index in [2.05, 4.69) is 69.6 Å². The molecule has 0 saturated carbocycles. The van der Waals surface area contributed by atoms with Gasteiger partial charge in [0.05, 0.1) is 5.56 Å². The van der Waals surface area contributed by atoms with Crippen LogP contribution in [0.25, 0.3) is 33.4 Å². The van der Waals surface area contributed by atoms with Crippen LogP contribution in [0.3, 0.4) is 0 Å². The Hall–Kier alpha value is -6.65. The number of aromatic carboxylic acids is 1. The number of phenolic OH excluding ortho intramolecular Hbond substituents is 1. The average molecular weight is 919 g/mol. The Morgan fingerprint density at radius 1 is 0.701 bits per heavy atom. The molecule has 0 bridgehead atoms. The standard InChI is InChI=1S/C57H62N2O7S/c1-35(2)13-10-14-36(3)15-11-16-37(4)17-12-18-38(5)20-25-44-39(6)54(62)49-31-40(21-26-46(49)55(44)63)19-8-7-9-30-58-57(67)59-41-22-27-45(50(32-41)56(64)65)53-47-28-23-42(60)33-51(47)66-52-34-43(61)24-29-48(52)53/h13,15,17,20-24,26-29,31-34,60H,7-12,14,16,18-19,25,30H2,1-6H3,(H,64,65)(H2,58,59,67)/b36-15+,37-17+,38-20+. The molecule has 0 aromatic heterocycles. The summed E-state index contributed by atoms with van der Waals surface area (Å²) < 4.78 is 5.93. The van der Waals surface area contributed by atoms with E-state index < -0.39 is 5.97 Å². The van der Waals surface area contributed by atoms with Crippen molar-refractivity contribution >= 4 is 51.5 Å². The maximum absolute atomic E-state index is 13.6. The van der Waals surface area contributed by atoms with E-state index in [1.54, 1.807) is 31.2 Å². The number of rotatable bonds is 20. The molecule has 0 unspecified atom stereocenters. The Bertz CT molecular complexity index is 2890. The normalized spacial score (nSPS) is 13.3. The molecule has 3 aliphatic rings. The summed E-state index contributed by atoms with van der Waals surface area (Å²) in [6.45, 7) is 13.2. The number of benzene rings is 4. The van der Waals surface area contributed by atoms with Gasteiger partial charge in [0.1, 0.15) is 17.1 Å². The van der Waals surface area contributed by atoms with Gasteiger partial charge >= 0.3 is 5.97 Å². The number of carbonyl (C=O) groups is 3. The largest absolute Gasteiger partial charge is 0.508 e. The van der Waals surface area contributed by atoms with Crippen LogP contribution in [0.1, 0.15) is 142 Å². The zero-order valence-electron chi connectivity index (χ0n) is 39.6. The molecule has 1 aliphatic heterocycles. The molecular formula is C57H62N2O7S. The maximum Gasteiger partial charge on any atom is 0.336 e. The Labute approximate surface area is 399 Å². The second-order valence-corrected chi connectivity index (χ2v) is 18.4. The molecule has 0 spiro atoms. The number of unbranched alkanes of at least 4 members (excludes halogenated alkanes) is 2. The first-order chi connectivity index (χ1) is 32.1. The number of hydrogen-bond donors (Lipinski definition) is 4. The highest BCUT2D eigenvalue weighted by atomic mass is 32.1. The van der Waals surface area contributed by atoms with Crippen molar-refractivity contribution in [2.75, 3.05) is 11.9 Å². The van der Waals surface area contributed by atoms with Crippen molar-refractivity contribution in [3.05, 3.63) is 163 Å².